The summed E-state index contributed by atoms with van der Waals surface area (Å²) in [6.07, 6.45) is 4.41. The van der Waals surface area contributed by atoms with Crippen LogP contribution in [0.2, 0.25) is 0 Å². The third-order valence-electron chi connectivity index (χ3n) is 4.38. The highest BCUT2D eigenvalue weighted by Crippen LogP contribution is 2.28. The van der Waals surface area contributed by atoms with Crippen molar-refractivity contribution in [3.63, 3.8) is 0 Å². The van der Waals surface area contributed by atoms with Gasteiger partial charge in [-0.25, -0.2) is 9.78 Å². The molecule has 3 rings (SSSR count). The van der Waals surface area contributed by atoms with Crippen LogP contribution in [0.4, 0.5) is 0 Å². The Morgan fingerprint density at radius 2 is 2.35 bits per heavy atom. The van der Waals surface area contributed by atoms with Gasteiger partial charge in [-0.3, -0.25) is 0 Å². The Kier molecular flexibility index (Phi) is 4.92. The lowest BCUT2D eigenvalue weighted by Crippen LogP contribution is -2.39. The number of thioether (sulfide) groups is 1. The van der Waals surface area contributed by atoms with Crippen molar-refractivity contribution in [1.29, 1.82) is 0 Å². The zero-order valence-electron chi connectivity index (χ0n) is 13.7. The molecule has 1 saturated heterocycles. The highest BCUT2D eigenvalue weighted by molar-refractivity contribution is 7.99. The zero-order chi connectivity index (χ0) is 16.4. The molecule has 1 fully saturated rings. The molecule has 2 heterocycles. The van der Waals surface area contributed by atoms with Gasteiger partial charge in [-0.2, -0.15) is 11.8 Å². The molecule has 0 saturated carbocycles. The van der Waals surface area contributed by atoms with E-state index in [0.29, 0.717) is 16.9 Å². The number of ether oxygens (including phenoxy) is 2. The molecular formula is C17H22N2O3S. The van der Waals surface area contributed by atoms with Crippen molar-refractivity contribution in [2.45, 2.75) is 37.7 Å². The summed E-state index contributed by atoms with van der Waals surface area (Å²) in [5.41, 5.74) is 2.47. The molecular weight excluding hydrogens is 312 g/mol. The summed E-state index contributed by atoms with van der Waals surface area (Å²) in [5.74, 6) is 0.724. The number of hydrogen-bond donors (Lipinski definition) is 0. The van der Waals surface area contributed by atoms with Gasteiger partial charge in [0.2, 0.25) is 0 Å². The third kappa shape index (κ3) is 3.10. The van der Waals surface area contributed by atoms with E-state index >= 15 is 0 Å². The van der Waals surface area contributed by atoms with Crippen molar-refractivity contribution < 1.29 is 14.3 Å². The Labute approximate surface area is 140 Å². The van der Waals surface area contributed by atoms with Crippen molar-refractivity contribution in [2.24, 2.45) is 0 Å². The first-order valence-electron chi connectivity index (χ1n) is 7.89. The van der Waals surface area contributed by atoms with E-state index in [1.807, 2.05) is 23.9 Å². The zero-order valence-corrected chi connectivity index (χ0v) is 14.6. The average Bonchev–Trinajstić information content (AvgIpc) is 2.88. The van der Waals surface area contributed by atoms with E-state index in [1.54, 1.807) is 6.07 Å². The van der Waals surface area contributed by atoms with Crippen LogP contribution in [0.15, 0.2) is 18.2 Å². The molecule has 1 aliphatic heterocycles. The fraction of sp³-hybridized carbons (Fsp3) is 0.529. The van der Waals surface area contributed by atoms with E-state index in [1.165, 1.54) is 7.11 Å². The maximum Gasteiger partial charge on any atom is 0.337 e. The SMILES string of the molecule is CCc1nc2ccc(C(=O)OC)cc2n1C[C@H](SC)C1CCO1. The number of methoxy groups -OCH3 is 1. The molecule has 5 nitrogen and oxygen atoms in total. The van der Waals surface area contributed by atoms with Gasteiger partial charge in [0.05, 0.1) is 29.8 Å². The Morgan fingerprint density at radius 3 is 2.91 bits per heavy atom. The number of aromatic nitrogens is 2. The minimum Gasteiger partial charge on any atom is -0.465 e. The van der Waals surface area contributed by atoms with Gasteiger partial charge >= 0.3 is 5.97 Å². The number of aryl methyl sites for hydroxylation is 1. The molecule has 1 aromatic heterocycles. The molecule has 0 amide bonds. The van der Waals surface area contributed by atoms with Crippen molar-refractivity contribution >= 4 is 28.8 Å². The average molecular weight is 334 g/mol. The molecule has 1 unspecified atom stereocenters. The highest BCUT2D eigenvalue weighted by Gasteiger charge is 2.29. The number of rotatable bonds is 6. The normalized spacial score (nSPS) is 18.7. The molecule has 124 valence electrons. The fourth-order valence-corrected chi connectivity index (χ4v) is 3.78. The number of hydrogen-bond acceptors (Lipinski definition) is 5. The summed E-state index contributed by atoms with van der Waals surface area (Å²) < 4.78 is 12.7. The van der Waals surface area contributed by atoms with Crippen LogP contribution in [0, 0.1) is 0 Å². The number of imidazole rings is 1. The quantitative estimate of drug-likeness (QED) is 0.760. The summed E-state index contributed by atoms with van der Waals surface area (Å²) in [6.45, 7) is 3.81. The largest absolute Gasteiger partial charge is 0.465 e. The fourth-order valence-electron chi connectivity index (χ4n) is 2.96. The number of carbonyl (C=O) groups is 1. The van der Waals surface area contributed by atoms with E-state index < -0.39 is 0 Å². The Balaban J connectivity index is 1.99. The molecule has 0 radical (unpaired) electrons. The van der Waals surface area contributed by atoms with Crippen LogP contribution in [0.1, 0.15) is 29.5 Å². The maximum atomic E-state index is 11.8. The summed E-state index contributed by atoms with van der Waals surface area (Å²) >= 11 is 1.83. The van der Waals surface area contributed by atoms with E-state index in [4.69, 9.17) is 14.5 Å². The second kappa shape index (κ2) is 6.93. The number of esters is 1. The third-order valence-corrected chi connectivity index (χ3v) is 5.44. The lowest BCUT2D eigenvalue weighted by Gasteiger charge is -2.33. The summed E-state index contributed by atoms with van der Waals surface area (Å²) in [6, 6.07) is 5.55. The van der Waals surface area contributed by atoms with Gasteiger partial charge in [0.1, 0.15) is 5.82 Å². The van der Waals surface area contributed by atoms with Gasteiger partial charge in [-0.1, -0.05) is 6.92 Å². The lowest BCUT2D eigenvalue weighted by molar-refractivity contribution is -0.0523. The second-order valence-corrected chi connectivity index (χ2v) is 6.74. The van der Waals surface area contributed by atoms with Gasteiger partial charge in [0, 0.05) is 24.8 Å². The summed E-state index contributed by atoms with van der Waals surface area (Å²) in [7, 11) is 1.40. The van der Waals surface area contributed by atoms with Crippen LogP contribution in [0.25, 0.3) is 11.0 Å². The molecule has 6 heteroatoms. The first kappa shape index (κ1) is 16.3. The first-order chi connectivity index (χ1) is 11.2. The number of carbonyl (C=O) groups excluding carboxylic acids is 1. The second-order valence-electron chi connectivity index (χ2n) is 5.66. The van der Waals surface area contributed by atoms with Crippen molar-refractivity contribution in [3.8, 4) is 0 Å². The summed E-state index contributed by atoms with van der Waals surface area (Å²) in [4.78, 5) is 16.5. The van der Waals surface area contributed by atoms with Gasteiger partial charge in [0.25, 0.3) is 0 Å². The van der Waals surface area contributed by atoms with E-state index in [9.17, 15) is 4.79 Å². The number of nitrogens with zero attached hydrogens (tertiary/aromatic N) is 2. The Bertz CT molecular complexity index is 709. The first-order valence-corrected chi connectivity index (χ1v) is 9.18. The topological polar surface area (TPSA) is 53.3 Å². The molecule has 0 spiro atoms. The highest BCUT2D eigenvalue weighted by atomic mass is 32.2. The molecule has 2 aromatic rings. The predicted octanol–water partition coefficient (Wildman–Crippen LogP) is 2.91. The van der Waals surface area contributed by atoms with Gasteiger partial charge < -0.3 is 14.0 Å². The number of benzene rings is 1. The van der Waals surface area contributed by atoms with Crippen molar-refractivity contribution in [2.75, 3.05) is 20.0 Å². The van der Waals surface area contributed by atoms with Crippen molar-refractivity contribution in [3.05, 3.63) is 29.6 Å². The van der Waals surface area contributed by atoms with Crippen molar-refractivity contribution in [1.82, 2.24) is 9.55 Å². The smallest absolute Gasteiger partial charge is 0.337 e. The number of fused-ring (bicyclic) bond motifs is 1. The predicted molar refractivity (Wildman–Crippen MR) is 92.1 cm³/mol. The van der Waals surface area contributed by atoms with Crippen LogP contribution in [-0.2, 0) is 22.4 Å². The van der Waals surface area contributed by atoms with Crippen LogP contribution in [0.3, 0.4) is 0 Å². The van der Waals surface area contributed by atoms with Crippen LogP contribution >= 0.6 is 11.8 Å². The van der Waals surface area contributed by atoms with Crippen LogP contribution in [0.5, 0.6) is 0 Å². The molecule has 1 aliphatic rings. The maximum absolute atomic E-state index is 11.8. The van der Waals surface area contributed by atoms with Gasteiger partial charge in [0.15, 0.2) is 0 Å². The molecule has 1 aromatic carbocycles. The Morgan fingerprint density at radius 1 is 1.57 bits per heavy atom. The lowest BCUT2D eigenvalue weighted by atomic mass is 10.1. The van der Waals surface area contributed by atoms with E-state index in [0.717, 1.165) is 42.9 Å². The Hall–Kier alpha value is -1.53. The molecule has 0 N–H and O–H groups in total. The monoisotopic (exact) mass is 334 g/mol. The minimum atomic E-state index is -0.318. The standard InChI is InChI=1S/C17H22N2O3S/c1-4-16-18-12-6-5-11(17(20)21-2)9-13(12)19(16)10-15(23-3)14-7-8-22-14/h5-6,9,14-15H,4,7-8,10H2,1-3H3/t14?,15-/m0/s1. The minimum absolute atomic E-state index is 0.316. The van der Waals surface area contributed by atoms with Crippen LogP contribution in [-0.4, -0.2) is 46.8 Å². The summed E-state index contributed by atoms with van der Waals surface area (Å²) in [5, 5.41) is 0.397. The van der Waals surface area contributed by atoms with E-state index in [2.05, 4.69) is 17.7 Å². The van der Waals surface area contributed by atoms with Gasteiger partial charge in [-0.05, 0) is 30.9 Å². The van der Waals surface area contributed by atoms with Crippen LogP contribution < -0.4 is 0 Å². The van der Waals surface area contributed by atoms with E-state index in [-0.39, 0.29) is 5.97 Å². The molecule has 2 atom stereocenters. The molecule has 0 aliphatic carbocycles. The van der Waals surface area contributed by atoms with Gasteiger partial charge in [-0.15, -0.1) is 0 Å². The molecule has 0 bridgehead atoms. The molecule has 23 heavy (non-hydrogen) atoms.